The molecule has 0 aliphatic carbocycles. The van der Waals surface area contributed by atoms with Crippen LogP contribution in [0, 0.1) is 6.92 Å². The highest BCUT2D eigenvalue weighted by Crippen LogP contribution is 2.24. The molecule has 0 saturated heterocycles. The molecule has 0 unspecified atom stereocenters. The minimum Gasteiger partial charge on any atom is -0.484 e. The largest absolute Gasteiger partial charge is 0.484 e. The highest BCUT2D eigenvalue weighted by atomic mass is 16.5. The first kappa shape index (κ1) is 21.6. The van der Waals surface area contributed by atoms with E-state index in [4.69, 9.17) is 15.2 Å². The maximum absolute atomic E-state index is 12.2. The number of nitrogens with one attached hydrogen (secondary N) is 1. The Kier molecular flexibility index (Phi) is 6.36. The second-order valence-corrected chi connectivity index (χ2v) is 7.28. The summed E-state index contributed by atoms with van der Waals surface area (Å²) >= 11 is 0. The Morgan fingerprint density at radius 1 is 0.879 bits per heavy atom. The molecule has 8 heteroatoms. The number of aromatic nitrogens is 2. The number of ether oxygens (including phenoxy) is 2. The molecule has 1 heterocycles. The Balaban J connectivity index is 1.27. The third kappa shape index (κ3) is 5.76. The number of hydrogen-bond donors (Lipinski definition) is 2. The molecule has 0 atom stereocenters. The van der Waals surface area contributed by atoms with Crippen molar-refractivity contribution in [1.29, 1.82) is 0 Å². The molecular formula is C25H22N4O4. The molecule has 0 aliphatic heterocycles. The number of carbonyl (C=O) groups is 2. The molecule has 0 saturated carbocycles. The van der Waals surface area contributed by atoms with E-state index in [0.717, 1.165) is 17.0 Å². The van der Waals surface area contributed by atoms with Gasteiger partial charge in [-0.2, -0.15) is 5.10 Å². The van der Waals surface area contributed by atoms with E-state index >= 15 is 0 Å². The number of carbonyl (C=O) groups excluding carboxylic acids is 2. The van der Waals surface area contributed by atoms with Crippen LogP contribution < -0.4 is 20.5 Å². The highest BCUT2D eigenvalue weighted by molar-refractivity contribution is 5.92. The van der Waals surface area contributed by atoms with Gasteiger partial charge < -0.3 is 20.5 Å². The molecule has 33 heavy (non-hydrogen) atoms. The summed E-state index contributed by atoms with van der Waals surface area (Å²) in [4.78, 5) is 23.4. The topological polar surface area (TPSA) is 108 Å². The molecule has 8 nitrogen and oxygen atoms in total. The number of nitrogens with two attached hydrogens (primary N) is 1. The van der Waals surface area contributed by atoms with Crippen molar-refractivity contribution >= 4 is 17.5 Å². The van der Waals surface area contributed by atoms with E-state index in [9.17, 15) is 9.59 Å². The van der Waals surface area contributed by atoms with Gasteiger partial charge in [0.25, 0.3) is 11.8 Å². The van der Waals surface area contributed by atoms with Gasteiger partial charge >= 0.3 is 0 Å². The van der Waals surface area contributed by atoms with Crippen molar-refractivity contribution in [3.8, 4) is 22.9 Å². The Morgan fingerprint density at radius 3 is 2.09 bits per heavy atom. The maximum Gasteiger partial charge on any atom is 0.269 e. The highest BCUT2D eigenvalue weighted by Gasteiger charge is 2.08. The van der Waals surface area contributed by atoms with Crippen LogP contribution in [0.1, 0.15) is 16.1 Å². The number of hydrogen-bond acceptors (Lipinski definition) is 5. The van der Waals surface area contributed by atoms with Gasteiger partial charge in [0.15, 0.2) is 6.61 Å². The second kappa shape index (κ2) is 9.69. The number of aryl methyl sites for hydroxylation is 1. The minimum atomic E-state index is -0.592. The van der Waals surface area contributed by atoms with Crippen LogP contribution in [0.3, 0.4) is 0 Å². The molecule has 0 aliphatic rings. The van der Waals surface area contributed by atoms with Crippen LogP contribution in [0.4, 0.5) is 5.69 Å². The fourth-order valence-electron chi connectivity index (χ4n) is 2.99. The lowest BCUT2D eigenvalue weighted by atomic mass is 10.2. The van der Waals surface area contributed by atoms with Crippen molar-refractivity contribution in [3.63, 3.8) is 0 Å². The molecule has 3 aromatic carbocycles. The molecule has 2 amide bonds. The lowest BCUT2D eigenvalue weighted by Gasteiger charge is -2.10. The van der Waals surface area contributed by atoms with Crippen LogP contribution >= 0.6 is 0 Å². The van der Waals surface area contributed by atoms with Gasteiger partial charge in [0.2, 0.25) is 0 Å². The summed E-state index contributed by atoms with van der Waals surface area (Å²) in [5.41, 5.74) is 7.90. The summed E-state index contributed by atoms with van der Waals surface area (Å²) < 4.78 is 12.9. The molecule has 4 aromatic rings. The smallest absolute Gasteiger partial charge is 0.269 e. The fourth-order valence-corrected chi connectivity index (χ4v) is 2.99. The molecule has 0 spiro atoms. The van der Waals surface area contributed by atoms with Crippen LogP contribution in [0.15, 0.2) is 85.1 Å². The van der Waals surface area contributed by atoms with Crippen LogP contribution in [0.25, 0.3) is 5.69 Å². The summed E-state index contributed by atoms with van der Waals surface area (Å²) in [5.74, 6) is 1.10. The Morgan fingerprint density at radius 2 is 1.48 bits per heavy atom. The van der Waals surface area contributed by atoms with Gasteiger partial charge in [-0.15, -0.1) is 0 Å². The SMILES string of the molecule is Cc1ccc(Oc2ccc(OCC(=O)Nc3ccc(-n4ccc(C(N)=O)n4)cc3)cc2)cc1. The van der Waals surface area contributed by atoms with E-state index in [2.05, 4.69) is 10.4 Å². The van der Waals surface area contributed by atoms with Crippen LogP contribution in [-0.4, -0.2) is 28.2 Å². The van der Waals surface area contributed by atoms with Crippen molar-refractivity contribution in [1.82, 2.24) is 9.78 Å². The van der Waals surface area contributed by atoms with E-state index in [1.54, 1.807) is 54.7 Å². The van der Waals surface area contributed by atoms with E-state index < -0.39 is 5.91 Å². The number of amides is 2. The standard InChI is InChI=1S/C25H22N4O4/c1-17-2-8-21(9-3-17)33-22-12-10-20(11-13-22)32-16-24(30)27-18-4-6-19(7-5-18)29-15-14-23(28-29)25(26)31/h2-15H,16H2,1H3,(H2,26,31)(H,27,30). The van der Waals surface area contributed by atoms with Crippen molar-refractivity contribution in [2.75, 3.05) is 11.9 Å². The molecular weight excluding hydrogens is 420 g/mol. The Labute approximate surface area is 190 Å². The Hall–Kier alpha value is -4.59. The number of primary amides is 1. The molecule has 1 aromatic heterocycles. The van der Waals surface area contributed by atoms with Crippen molar-refractivity contribution in [3.05, 3.63) is 96.3 Å². The molecule has 4 rings (SSSR count). The van der Waals surface area contributed by atoms with Crippen LogP contribution in [0.5, 0.6) is 17.2 Å². The van der Waals surface area contributed by atoms with Gasteiger partial charge in [-0.25, -0.2) is 4.68 Å². The van der Waals surface area contributed by atoms with E-state index in [1.807, 2.05) is 31.2 Å². The van der Waals surface area contributed by atoms with Gasteiger partial charge in [0.1, 0.15) is 22.9 Å². The van der Waals surface area contributed by atoms with E-state index in [1.165, 1.54) is 10.7 Å². The van der Waals surface area contributed by atoms with Gasteiger partial charge in [-0.3, -0.25) is 9.59 Å². The zero-order valence-corrected chi connectivity index (χ0v) is 17.9. The van der Waals surface area contributed by atoms with Crippen molar-refractivity contribution in [2.24, 2.45) is 5.73 Å². The second-order valence-electron chi connectivity index (χ2n) is 7.28. The lowest BCUT2D eigenvalue weighted by molar-refractivity contribution is -0.118. The quantitative estimate of drug-likeness (QED) is 0.427. The van der Waals surface area contributed by atoms with E-state index in [-0.39, 0.29) is 18.2 Å². The number of rotatable bonds is 8. The normalized spacial score (nSPS) is 10.5. The van der Waals surface area contributed by atoms with Crippen molar-refractivity contribution < 1.29 is 19.1 Å². The van der Waals surface area contributed by atoms with Gasteiger partial charge in [-0.05, 0) is 73.7 Å². The van der Waals surface area contributed by atoms with Gasteiger partial charge in [-0.1, -0.05) is 17.7 Å². The fraction of sp³-hybridized carbons (Fsp3) is 0.0800. The molecule has 0 radical (unpaired) electrons. The van der Waals surface area contributed by atoms with Gasteiger partial charge in [0.05, 0.1) is 5.69 Å². The molecule has 166 valence electrons. The molecule has 0 fully saturated rings. The predicted molar refractivity (Wildman–Crippen MR) is 124 cm³/mol. The number of benzene rings is 3. The van der Waals surface area contributed by atoms with Crippen molar-refractivity contribution in [2.45, 2.75) is 6.92 Å². The first-order valence-electron chi connectivity index (χ1n) is 10.2. The van der Waals surface area contributed by atoms with Crippen LogP contribution in [-0.2, 0) is 4.79 Å². The summed E-state index contributed by atoms with van der Waals surface area (Å²) in [7, 11) is 0. The first-order valence-corrected chi connectivity index (χ1v) is 10.2. The predicted octanol–water partition coefficient (Wildman–Crippen LogP) is 4.09. The van der Waals surface area contributed by atoms with Gasteiger partial charge in [0, 0.05) is 11.9 Å². The third-order valence-corrected chi connectivity index (χ3v) is 4.71. The average molecular weight is 442 g/mol. The number of nitrogens with zero attached hydrogens (tertiary/aromatic N) is 2. The van der Waals surface area contributed by atoms with Crippen LogP contribution in [0.2, 0.25) is 0 Å². The molecule has 0 bridgehead atoms. The summed E-state index contributed by atoms with van der Waals surface area (Å²) in [6.45, 7) is 1.88. The molecule has 3 N–H and O–H groups in total. The maximum atomic E-state index is 12.2. The average Bonchev–Trinajstić information content (AvgIpc) is 3.31. The first-order chi connectivity index (χ1) is 16.0. The monoisotopic (exact) mass is 442 g/mol. The number of anilines is 1. The minimum absolute atomic E-state index is 0.138. The Bertz CT molecular complexity index is 1250. The third-order valence-electron chi connectivity index (χ3n) is 4.71. The van der Waals surface area contributed by atoms with E-state index in [0.29, 0.717) is 17.2 Å². The summed E-state index contributed by atoms with van der Waals surface area (Å²) in [6, 6.07) is 23.4. The summed E-state index contributed by atoms with van der Waals surface area (Å²) in [5, 5.41) is 6.86. The summed E-state index contributed by atoms with van der Waals surface area (Å²) in [6.07, 6.45) is 1.64. The zero-order chi connectivity index (χ0) is 23.2. The lowest BCUT2D eigenvalue weighted by Crippen LogP contribution is -2.20. The zero-order valence-electron chi connectivity index (χ0n) is 17.9.